The normalized spacial score (nSPS) is 13.8. The summed E-state index contributed by atoms with van der Waals surface area (Å²) < 4.78 is 4.77. The van der Waals surface area contributed by atoms with Gasteiger partial charge >= 0.3 is 5.97 Å². The SMILES string of the molecule is CCOC(=O)/C=C/CCCCN1C(=O)c2ccccc2C1=O. The van der Waals surface area contributed by atoms with E-state index in [1.165, 1.54) is 11.0 Å². The maximum atomic E-state index is 12.1. The van der Waals surface area contributed by atoms with Crippen LogP contribution in [0.5, 0.6) is 0 Å². The smallest absolute Gasteiger partial charge is 0.330 e. The van der Waals surface area contributed by atoms with Crippen molar-refractivity contribution in [1.82, 2.24) is 4.90 Å². The number of imide groups is 1. The van der Waals surface area contributed by atoms with Crippen molar-refractivity contribution in [2.45, 2.75) is 26.2 Å². The van der Waals surface area contributed by atoms with Crippen LogP contribution in [0, 0.1) is 0 Å². The van der Waals surface area contributed by atoms with Crippen molar-refractivity contribution >= 4 is 17.8 Å². The average molecular weight is 301 g/mol. The van der Waals surface area contributed by atoms with Crippen molar-refractivity contribution in [2.24, 2.45) is 0 Å². The average Bonchev–Trinajstić information content (AvgIpc) is 2.76. The van der Waals surface area contributed by atoms with Crippen LogP contribution in [-0.2, 0) is 9.53 Å². The van der Waals surface area contributed by atoms with Crippen molar-refractivity contribution in [2.75, 3.05) is 13.2 Å². The van der Waals surface area contributed by atoms with Crippen LogP contribution >= 0.6 is 0 Å². The molecule has 1 aromatic rings. The molecule has 5 heteroatoms. The Morgan fingerprint density at radius 2 is 1.77 bits per heavy atom. The Kier molecular flexibility index (Phi) is 5.47. The minimum Gasteiger partial charge on any atom is -0.463 e. The quantitative estimate of drug-likeness (QED) is 0.336. The van der Waals surface area contributed by atoms with E-state index in [0.29, 0.717) is 37.1 Å². The molecule has 22 heavy (non-hydrogen) atoms. The lowest BCUT2D eigenvalue weighted by molar-refractivity contribution is -0.137. The van der Waals surface area contributed by atoms with Crippen LogP contribution in [0.1, 0.15) is 46.9 Å². The number of amides is 2. The van der Waals surface area contributed by atoms with Crippen molar-refractivity contribution in [3.8, 4) is 0 Å². The zero-order chi connectivity index (χ0) is 15.9. The molecule has 5 nitrogen and oxygen atoms in total. The largest absolute Gasteiger partial charge is 0.463 e. The van der Waals surface area contributed by atoms with E-state index in [1.54, 1.807) is 37.3 Å². The van der Waals surface area contributed by atoms with Crippen LogP contribution < -0.4 is 0 Å². The molecule has 1 aliphatic rings. The molecule has 0 fully saturated rings. The molecule has 0 bridgehead atoms. The number of ether oxygens (including phenoxy) is 1. The van der Waals surface area contributed by atoms with Crippen molar-refractivity contribution in [3.63, 3.8) is 0 Å². The van der Waals surface area contributed by atoms with Crippen LogP contribution in [0.4, 0.5) is 0 Å². The Balaban J connectivity index is 1.76. The number of esters is 1. The summed E-state index contributed by atoms with van der Waals surface area (Å²) in [5.41, 5.74) is 0.962. The number of carbonyl (C=O) groups is 3. The Hall–Kier alpha value is -2.43. The van der Waals surface area contributed by atoms with Gasteiger partial charge in [-0.1, -0.05) is 18.2 Å². The minimum atomic E-state index is -0.345. The van der Waals surface area contributed by atoms with Gasteiger partial charge < -0.3 is 4.74 Å². The van der Waals surface area contributed by atoms with Gasteiger partial charge in [-0.25, -0.2) is 4.79 Å². The maximum Gasteiger partial charge on any atom is 0.330 e. The molecule has 0 spiro atoms. The number of fused-ring (bicyclic) bond motifs is 1. The highest BCUT2D eigenvalue weighted by Gasteiger charge is 2.34. The molecular formula is C17H19NO4. The van der Waals surface area contributed by atoms with E-state index in [-0.39, 0.29) is 17.8 Å². The van der Waals surface area contributed by atoms with Gasteiger partial charge in [-0.05, 0) is 38.3 Å². The third kappa shape index (κ3) is 3.61. The second-order valence-corrected chi connectivity index (χ2v) is 4.96. The number of unbranched alkanes of at least 4 members (excludes halogenated alkanes) is 2. The number of hydrogen-bond acceptors (Lipinski definition) is 4. The lowest BCUT2D eigenvalue weighted by Gasteiger charge is -2.12. The number of nitrogens with zero attached hydrogens (tertiary/aromatic N) is 1. The zero-order valence-electron chi connectivity index (χ0n) is 12.6. The van der Waals surface area contributed by atoms with E-state index < -0.39 is 0 Å². The molecule has 0 N–H and O–H groups in total. The molecule has 0 aliphatic carbocycles. The van der Waals surface area contributed by atoms with Crippen molar-refractivity contribution in [3.05, 3.63) is 47.5 Å². The number of carbonyl (C=O) groups excluding carboxylic acids is 3. The highest BCUT2D eigenvalue weighted by Crippen LogP contribution is 2.22. The fourth-order valence-corrected chi connectivity index (χ4v) is 2.34. The molecule has 1 aliphatic heterocycles. The predicted molar refractivity (Wildman–Crippen MR) is 81.4 cm³/mol. The monoisotopic (exact) mass is 301 g/mol. The van der Waals surface area contributed by atoms with E-state index in [0.717, 1.165) is 6.42 Å². The van der Waals surface area contributed by atoms with Gasteiger partial charge in [0.1, 0.15) is 0 Å². The molecular weight excluding hydrogens is 282 g/mol. The number of benzene rings is 1. The van der Waals surface area contributed by atoms with E-state index >= 15 is 0 Å². The lowest BCUT2D eigenvalue weighted by atomic mass is 10.1. The standard InChI is InChI=1S/C17H19NO4/c1-2-22-15(19)11-5-3-4-8-12-18-16(20)13-9-6-7-10-14(13)17(18)21/h5-7,9-11H,2-4,8,12H2,1H3/b11-5+. The highest BCUT2D eigenvalue weighted by molar-refractivity contribution is 6.21. The van der Waals surface area contributed by atoms with Gasteiger partial charge in [-0.15, -0.1) is 0 Å². The lowest BCUT2D eigenvalue weighted by Crippen LogP contribution is -2.30. The summed E-state index contributed by atoms with van der Waals surface area (Å²) in [6, 6.07) is 6.87. The van der Waals surface area contributed by atoms with E-state index in [9.17, 15) is 14.4 Å². The van der Waals surface area contributed by atoms with Crippen LogP contribution in [0.2, 0.25) is 0 Å². The predicted octanol–water partition coefficient (Wildman–Crippen LogP) is 2.57. The molecule has 1 aromatic carbocycles. The van der Waals surface area contributed by atoms with Crippen LogP contribution in [0.25, 0.3) is 0 Å². The summed E-state index contributed by atoms with van der Waals surface area (Å²) in [6.45, 7) is 2.52. The van der Waals surface area contributed by atoms with Crippen molar-refractivity contribution in [1.29, 1.82) is 0 Å². The summed E-state index contributed by atoms with van der Waals surface area (Å²) in [6.07, 6.45) is 5.37. The minimum absolute atomic E-state index is 0.220. The van der Waals surface area contributed by atoms with Gasteiger partial charge in [0.25, 0.3) is 11.8 Å². The fraction of sp³-hybridized carbons (Fsp3) is 0.353. The Morgan fingerprint density at radius 1 is 1.14 bits per heavy atom. The summed E-state index contributed by atoms with van der Waals surface area (Å²) >= 11 is 0. The molecule has 0 aromatic heterocycles. The zero-order valence-corrected chi connectivity index (χ0v) is 12.6. The first-order chi connectivity index (χ1) is 10.6. The third-order valence-electron chi connectivity index (χ3n) is 3.42. The molecule has 0 saturated heterocycles. The Labute approximate surface area is 129 Å². The second-order valence-electron chi connectivity index (χ2n) is 4.96. The fourth-order valence-electron chi connectivity index (χ4n) is 2.34. The Morgan fingerprint density at radius 3 is 2.36 bits per heavy atom. The topological polar surface area (TPSA) is 63.7 Å². The molecule has 2 amide bonds. The maximum absolute atomic E-state index is 12.1. The molecule has 0 unspecified atom stereocenters. The number of allylic oxidation sites excluding steroid dienone is 1. The van der Waals surface area contributed by atoms with Gasteiger partial charge in [0, 0.05) is 12.6 Å². The number of rotatable bonds is 7. The van der Waals surface area contributed by atoms with E-state index in [2.05, 4.69) is 0 Å². The summed E-state index contributed by atoms with van der Waals surface area (Å²) in [5.74, 6) is -0.784. The van der Waals surface area contributed by atoms with Gasteiger partial charge in [0.2, 0.25) is 0 Å². The van der Waals surface area contributed by atoms with Crippen LogP contribution in [0.3, 0.4) is 0 Å². The molecule has 2 rings (SSSR count). The highest BCUT2D eigenvalue weighted by atomic mass is 16.5. The van der Waals surface area contributed by atoms with Gasteiger partial charge in [0.15, 0.2) is 0 Å². The first-order valence-corrected chi connectivity index (χ1v) is 7.43. The Bertz CT molecular complexity index is 571. The molecule has 116 valence electrons. The molecule has 0 radical (unpaired) electrons. The number of hydrogen-bond donors (Lipinski definition) is 0. The summed E-state index contributed by atoms with van der Waals surface area (Å²) in [4.78, 5) is 36.6. The van der Waals surface area contributed by atoms with E-state index in [1.807, 2.05) is 0 Å². The van der Waals surface area contributed by atoms with Crippen LogP contribution in [0.15, 0.2) is 36.4 Å². The first-order valence-electron chi connectivity index (χ1n) is 7.43. The third-order valence-corrected chi connectivity index (χ3v) is 3.42. The summed E-state index contributed by atoms with van der Waals surface area (Å²) in [5, 5.41) is 0. The van der Waals surface area contributed by atoms with Crippen molar-refractivity contribution < 1.29 is 19.1 Å². The van der Waals surface area contributed by atoms with Crippen LogP contribution in [-0.4, -0.2) is 35.8 Å². The molecule has 1 heterocycles. The first kappa shape index (κ1) is 15.9. The summed E-state index contributed by atoms with van der Waals surface area (Å²) in [7, 11) is 0. The van der Waals surface area contributed by atoms with Gasteiger partial charge in [-0.2, -0.15) is 0 Å². The van der Waals surface area contributed by atoms with Gasteiger partial charge in [0.05, 0.1) is 17.7 Å². The molecule has 0 atom stereocenters. The van der Waals surface area contributed by atoms with Gasteiger partial charge in [-0.3, -0.25) is 14.5 Å². The molecule has 0 saturated carbocycles. The van der Waals surface area contributed by atoms with E-state index in [4.69, 9.17) is 4.74 Å². The second kappa shape index (κ2) is 7.54.